The molecule has 56 heteroatoms. The van der Waals surface area contributed by atoms with Crippen molar-refractivity contribution in [2.75, 3.05) is 61.4 Å². The van der Waals surface area contributed by atoms with E-state index in [4.69, 9.17) is 134 Å². The number of nitrogens with two attached hydrogens (primary N) is 3. The molecule has 1 aliphatic heterocycles. The Labute approximate surface area is 895 Å². The molecule has 2 unspecified atom stereocenters. The van der Waals surface area contributed by atoms with Gasteiger partial charge in [-0.15, -0.1) is 0 Å². The lowest BCUT2D eigenvalue weighted by atomic mass is 9.79. The number of hydrogen-bond donors (Lipinski definition) is 12. The predicted molar refractivity (Wildman–Crippen MR) is 573 cm³/mol. The fourth-order valence-electron chi connectivity index (χ4n) is 13.6. The number of methoxy groups -OCH3 is 1. The maximum atomic E-state index is 12.3. The van der Waals surface area contributed by atoms with E-state index in [1.807, 2.05) is 58.0 Å². The van der Waals surface area contributed by atoms with E-state index < -0.39 is 89.4 Å². The molecular weight excluding hydrogens is 2180 g/mol. The molecule has 786 valence electrons. The Kier molecular flexibility index (Phi) is 35.8. The molecule has 40 nitrogen and oxygen atoms in total. The van der Waals surface area contributed by atoms with Crippen molar-refractivity contribution >= 4 is 255 Å². The van der Waals surface area contributed by atoms with Crippen molar-refractivity contribution in [2.45, 2.75) is 169 Å². The Balaban J connectivity index is 0.000000149. The van der Waals surface area contributed by atoms with E-state index in [0.717, 1.165) is 66.9 Å². The molecule has 4 aromatic carbocycles. The largest absolute Gasteiger partial charge is 0.755 e. The minimum atomic E-state index is -4.17. The van der Waals surface area contributed by atoms with Crippen molar-refractivity contribution in [3.8, 4) is 17.0 Å². The number of carbonyl (C=O) groups is 1. The lowest BCUT2D eigenvalue weighted by molar-refractivity contribution is -0.156. The van der Waals surface area contributed by atoms with Crippen LogP contribution in [0.4, 0.5) is 59.6 Å². The van der Waals surface area contributed by atoms with E-state index in [2.05, 4.69) is 127 Å². The molecule has 0 radical (unpaired) electrons. The van der Waals surface area contributed by atoms with Crippen molar-refractivity contribution in [2.24, 2.45) is 11.5 Å². The van der Waals surface area contributed by atoms with Crippen LogP contribution in [0.15, 0.2) is 177 Å². The molecule has 2 atom stereocenters. The van der Waals surface area contributed by atoms with E-state index in [-0.39, 0.29) is 83.0 Å². The minimum Gasteiger partial charge on any atom is -0.755 e. The second kappa shape index (κ2) is 46.8. The maximum Gasteiger partial charge on any atom is 0.494 e. The number of sulfone groups is 2. The summed E-state index contributed by atoms with van der Waals surface area (Å²) in [6.45, 7) is 17.0. The van der Waals surface area contributed by atoms with Crippen molar-refractivity contribution in [3.05, 3.63) is 242 Å². The second-order valence-corrected chi connectivity index (χ2v) is 44.7. The third-order valence-electron chi connectivity index (χ3n) is 23.5. The molecule has 149 heavy (non-hydrogen) atoms. The highest BCUT2D eigenvalue weighted by Gasteiger charge is 2.60. The standard InChI is InChI=1S/C26H28N6O5S2.C18H19ClN6O2S.C14H21BO4S.C11H10Cl2N4.C7H2Cl3N3.C7H4ClN3O2.C6H6ClN3O.C4H6F3N/c1-26(12-13-26)31-24-23-20(29-25(30-24)27-15-16-4-7-18(8-5-16)32-38(33)34)10-9-19(28-23)17-6-11-21(37-2)22(14-17)39(3,35)36;1-18(8-9-18)24-16-15-13(6-7-14(19)22-15)21-17(23-16)20-10-11-2-4-12(5-3-11)25-28(26)27;1-10-7-8-11(9-12(10)20(6,16)17)15-18-13(2,3)14(4,5)19-15;1-11(4-5-11)17-9-8-6(14-10(13)16-9)2-3-7(12)15-8;8-4-2-1-3-5(12-4)6(9)13-7(10)11-3;8-4-2-1-3-5(10-4)6(12)11-7(13)9-3;7-4-2-1-3(8)5(10-4)6(9)11;5-4(6,7)3(8)1-2-3/h4-11,14,32H,12-13,15H2,1-3H3,(H,33,34)(H2,27,29,30,31);2-7,25H,8-10H2,1H3,(H,26,27)(H2,20,21,23,24);7-9H,1-6H3;2-3H,4-5H2,1H3,(H,14,16,17);1-2H;1-2H,(H2,9,11,12,13);1-2H,8H2,(H2,9,11);1-2,8H2/p-2. The number of alkyl halides is 3. The molecule has 0 spiro atoms. The van der Waals surface area contributed by atoms with Crippen LogP contribution in [-0.4, -0.2) is 186 Å². The number of halogens is 11. The van der Waals surface area contributed by atoms with Crippen LogP contribution in [0.1, 0.15) is 127 Å². The van der Waals surface area contributed by atoms with Gasteiger partial charge in [0.05, 0.1) is 62.2 Å². The number of hydrogen-bond acceptors (Lipinski definition) is 35. The number of primary amides is 1. The fraction of sp³-hybridized carbons (Fsp3) is 0.301. The summed E-state index contributed by atoms with van der Waals surface area (Å²) in [5.74, 6) is 2.39. The average molecular weight is 2280 g/mol. The number of amides is 1. The number of anilines is 8. The van der Waals surface area contributed by atoms with Gasteiger partial charge in [0.2, 0.25) is 22.5 Å². The van der Waals surface area contributed by atoms with Crippen molar-refractivity contribution in [3.63, 3.8) is 0 Å². The summed E-state index contributed by atoms with van der Waals surface area (Å²) in [4.78, 5) is 96.7. The Morgan fingerprint density at radius 3 is 1.34 bits per heavy atom. The van der Waals surface area contributed by atoms with Gasteiger partial charge in [-0.25, -0.2) is 76.5 Å². The highest BCUT2D eigenvalue weighted by atomic mass is 35.5. The van der Waals surface area contributed by atoms with Gasteiger partial charge in [-0.05, 0) is 273 Å². The summed E-state index contributed by atoms with van der Waals surface area (Å²) in [6, 6.07) is 44.2. The number of fused-ring (bicyclic) bond motifs is 5. The normalized spacial score (nSPS) is 15.6. The molecule has 12 heterocycles. The van der Waals surface area contributed by atoms with Crippen LogP contribution in [0.25, 0.3) is 66.4 Å². The molecule has 15 aromatic rings. The Hall–Kier alpha value is -12.1. The first-order valence-corrected chi connectivity index (χ1v) is 53.6. The van der Waals surface area contributed by atoms with Crippen molar-refractivity contribution in [1.29, 1.82) is 0 Å². The van der Waals surface area contributed by atoms with E-state index in [1.54, 1.807) is 110 Å². The van der Waals surface area contributed by atoms with Crippen LogP contribution in [0.2, 0.25) is 41.5 Å². The molecule has 15 N–H and O–H groups in total. The monoisotopic (exact) mass is 2270 g/mol. The van der Waals surface area contributed by atoms with Crippen molar-refractivity contribution in [1.82, 2.24) is 79.7 Å². The van der Waals surface area contributed by atoms with Crippen LogP contribution >= 0.6 is 92.8 Å². The van der Waals surface area contributed by atoms with Gasteiger partial charge in [-0.3, -0.25) is 23.0 Å². The minimum absolute atomic E-state index is 0.0116. The van der Waals surface area contributed by atoms with E-state index in [1.165, 1.54) is 37.6 Å². The molecular formula is C93H94BCl8F3N26O14S4-2. The highest BCUT2D eigenvalue weighted by Crippen LogP contribution is 2.47. The average Bonchev–Trinajstić information content (AvgIpc) is 1.70. The van der Waals surface area contributed by atoms with Crippen LogP contribution < -0.4 is 74.7 Å². The van der Waals surface area contributed by atoms with Crippen LogP contribution in [-0.2, 0) is 64.6 Å². The topological polar surface area (TPSA) is 602 Å². The third-order valence-corrected chi connectivity index (χ3v) is 28.3. The summed E-state index contributed by atoms with van der Waals surface area (Å²) >= 11 is 41.2. The fourth-order valence-corrected chi connectivity index (χ4v) is 17.4. The van der Waals surface area contributed by atoms with Crippen LogP contribution in [0, 0.1) is 6.92 Å². The lowest BCUT2D eigenvalue weighted by Crippen LogP contribution is -2.41. The summed E-state index contributed by atoms with van der Waals surface area (Å²) in [5, 5.41) is 18.8. The Morgan fingerprint density at radius 1 is 0.497 bits per heavy atom. The number of nitrogen functional groups attached to an aromatic ring is 1. The van der Waals surface area contributed by atoms with Crippen LogP contribution in [0.3, 0.4) is 0 Å². The van der Waals surface area contributed by atoms with Gasteiger partial charge < -0.3 is 81.4 Å². The smallest absolute Gasteiger partial charge is 0.494 e. The number of H-pyrrole nitrogens is 2. The number of rotatable bonds is 22. The number of nitrogens with zero attached hydrogens (tertiary/aromatic N) is 14. The predicted octanol–water partition coefficient (Wildman–Crippen LogP) is 17.0. The summed E-state index contributed by atoms with van der Waals surface area (Å²) in [7, 11) is -5.88. The summed E-state index contributed by atoms with van der Waals surface area (Å²) < 4.78 is 147. The van der Waals surface area contributed by atoms with E-state index >= 15 is 0 Å². The second-order valence-electron chi connectivity index (χ2n) is 36.4. The number of nitrogens with one attached hydrogen (secondary N) is 9. The van der Waals surface area contributed by atoms with Gasteiger partial charge in [0.25, 0.3) is 11.5 Å². The van der Waals surface area contributed by atoms with Gasteiger partial charge in [0, 0.05) is 81.7 Å². The molecule has 5 aliphatic rings. The van der Waals surface area contributed by atoms with Gasteiger partial charge in [0.1, 0.15) is 64.0 Å². The number of aromatic nitrogens is 16. The molecule has 5 fully saturated rings. The molecule has 0 bridgehead atoms. The first-order chi connectivity index (χ1) is 69.8. The number of ether oxygens (including phenoxy) is 1. The summed E-state index contributed by atoms with van der Waals surface area (Å²) in [5.41, 5.74) is 22.6. The molecule has 20 rings (SSSR count). The number of carbonyl (C=O) groups excluding carboxylic acids is 1. The van der Waals surface area contributed by atoms with Gasteiger partial charge in [0.15, 0.2) is 53.5 Å². The van der Waals surface area contributed by atoms with Gasteiger partial charge in [-0.1, -0.05) is 106 Å². The zero-order valence-electron chi connectivity index (χ0n) is 80.7. The zero-order valence-corrected chi connectivity index (χ0v) is 90.0. The molecule has 4 saturated carbocycles. The van der Waals surface area contributed by atoms with Crippen molar-refractivity contribution < 1.29 is 66.4 Å². The quantitative estimate of drug-likeness (QED) is 0.00985. The van der Waals surface area contributed by atoms with Crippen LogP contribution in [0.5, 0.6) is 5.75 Å². The highest BCUT2D eigenvalue weighted by molar-refractivity contribution is 7.91. The maximum absolute atomic E-state index is 12.3. The Bertz CT molecular complexity index is 7990. The summed E-state index contributed by atoms with van der Waals surface area (Å²) in [6.07, 6.45) is 4.78. The molecule has 1 saturated heterocycles. The number of pyridine rings is 6. The number of aryl methyl sites for hydroxylation is 1. The van der Waals surface area contributed by atoms with E-state index in [0.29, 0.717) is 135 Å². The molecule has 4 aliphatic carbocycles. The first-order valence-electron chi connectivity index (χ1n) is 44.6. The molecule has 11 aromatic heterocycles. The van der Waals surface area contributed by atoms with Gasteiger partial charge in [-0.2, -0.15) is 28.1 Å². The SMILES string of the molecule is CC1(Nc2nc(Cl)nc3ccc(Cl)nc23)CC1.CC1(Nc2nc(NCc3ccc(NS(=O)[O-])cc3)nc3ccc(Cl)nc23)CC1.COc1ccc(-c2ccc3nc(NCc4ccc(NS(=O)[O-])cc4)nc(NC4(C)CC4)c3n2)cc1S(C)(=O)=O.Cc1ccc(B2OC(C)(C)C(C)(C)O2)cc1S(C)(=O)=O.Clc1ccc2nc(Cl)nc(Cl)c2n1.NC(=O)c1nc(Cl)ccc1N.NC1(C(F)(F)F)CC1.O=c1[nH]c(=O)c2nc(Cl)ccc2[nH]1. The number of aromatic amines is 2. The van der Waals surface area contributed by atoms with E-state index in [9.17, 15) is 61.9 Å². The number of benzene rings is 4. The Morgan fingerprint density at radius 2 is 0.913 bits per heavy atom. The molecule has 1 amide bonds. The third kappa shape index (κ3) is 31.3. The zero-order chi connectivity index (χ0) is 109. The lowest BCUT2D eigenvalue weighted by Gasteiger charge is -2.32. The van der Waals surface area contributed by atoms with Gasteiger partial charge >= 0.3 is 19.0 Å². The first kappa shape index (κ1) is 114.